The van der Waals surface area contributed by atoms with Crippen LogP contribution in [0.15, 0.2) is 12.3 Å². The highest BCUT2D eigenvalue weighted by atomic mass is 16.4. The highest BCUT2D eigenvalue weighted by Gasteiger charge is 2.24. The van der Waals surface area contributed by atoms with E-state index in [0.29, 0.717) is 0 Å². The van der Waals surface area contributed by atoms with Gasteiger partial charge in [-0.3, -0.25) is 0 Å². The zero-order valence-electron chi connectivity index (χ0n) is 9.49. The number of nitrogens with zero attached hydrogens (tertiary/aromatic N) is 1. The Morgan fingerprint density at radius 3 is 2.33 bits per heavy atom. The van der Waals surface area contributed by atoms with Gasteiger partial charge >= 0.3 is 6.09 Å². The second kappa shape index (κ2) is 5.05. The van der Waals surface area contributed by atoms with Crippen LogP contribution < -0.4 is 5.32 Å². The number of carbonyl (C=O) groups is 1. The lowest BCUT2D eigenvalue weighted by molar-refractivity contribution is 0.185. The highest BCUT2D eigenvalue weighted by Crippen LogP contribution is 2.19. The maximum atomic E-state index is 10.7. The third kappa shape index (κ3) is 3.15. The van der Waals surface area contributed by atoms with Gasteiger partial charge < -0.3 is 15.3 Å². The normalized spacial score (nSPS) is 17.9. The van der Waals surface area contributed by atoms with E-state index in [0.717, 1.165) is 18.8 Å². The molecule has 0 bridgehead atoms. The van der Waals surface area contributed by atoms with Crippen LogP contribution in [0.25, 0.3) is 0 Å². The Morgan fingerprint density at radius 1 is 1.40 bits per heavy atom. The van der Waals surface area contributed by atoms with Crippen molar-refractivity contribution < 1.29 is 9.90 Å². The van der Waals surface area contributed by atoms with Crippen molar-refractivity contribution in [3.8, 4) is 0 Å². The Morgan fingerprint density at radius 2 is 1.93 bits per heavy atom. The minimum absolute atomic E-state index is 0.166. The number of nitrogens with one attached hydrogen (secondary N) is 1. The molecule has 4 heteroatoms. The van der Waals surface area contributed by atoms with Crippen molar-refractivity contribution in [3.05, 3.63) is 12.3 Å². The van der Waals surface area contributed by atoms with Gasteiger partial charge in [0, 0.05) is 18.8 Å². The van der Waals surface area contributed by atoms with E-state index >= 15 is 0 Å². The van der Waals surface area contributed by atoms with Gasteiger partial charge in [-0.05, 0) is 18.8 Å². The minimum atomic E-state index is -0.978. The second-order valence-corrected chi connectivity index (χ2v) is 4.36. The summed E-state index contributed by atoms with van der Waals surface area (Å²) in [6.45, 7) is 10.0. The Labute approximate surface area is 91.0 Å². The van der Waals surface area contributed by atoms with Crippen molar-refractivity contribution in [1.29, 1.82) is 0 Å². The summed E-state index contributed by atoms with van der Waals surface area (Å²) in [7, 11) is 0. The zero-order valence-corrected chi connectivity index (χ0v) is 9.49. The standard InChI is InChI=1S/C11H20N2O2/c1-8(2)10(12-11(14)15)9(3)13-6-4-5-7-13/h8,10,12H,3-7H2,1-2H3,(H,14,15)/t10-/m0/s1. The van der Waals surface area contributed by atoms with E-state index in [1.165, 1.54) is 12.8 Å². The van der Waals surface area contributed by atoms with Crippen molar-refractivity contribution in [2.75, 3.05) is 13.1 Å². The molecule has 1 fully saturated rings. The fraction of sp³-hybridized carbons (Fsp3) is 0.727. The summed E-state index contributed by atoms with van der Waals surface area (Å²) in [6.07, 6.45) is 1.38. The van der Waals surface area contributed by atoms with Gasteiger partial charge in [0.15, 0.2) is 0 Å². The first-order valence-electron chi connectivity index (χ1n) is 5.45. The van der Waals surface area contributed by atoms with Crippen LogP contribution in [0.4, 0.5) is 4.79 Å². The molecule has 1 atom stereocenters. The Kier molecular flexibility index (Phi) is 4.00. The SMILES string of the molecule is C=C([C@@H](NC(=O)O)C(C)C)N1CCCC1. The van der Waals surface area contributed by atoms with E-state index in [1.54, 1.807) is 0 Å². The second-order valence-electron chi connectivity index (χ2n) is 4.36. The minimum Gasteiger partial charge on any atom is -0.465 e. The number of likely N-dealkylation sites (tertiary alicyclic amines) is 1. The first-order valence-corrected chi connectivity index (χ1v) is 5.45. The lowest BCUT2D eigenvalue weighted by Gasteiger charge is -2.30. The van der Waals surface area contributed by atoms with E-state index in [1.807, 2.05) is 13.8 Å². The largest absolute Gasteiger partial charge is 0.465 e. The van der Waals surface area contributed by atoms with Crippen molar-refractivity contribution >= 4 is 6.09 Å². The Balaban J connectivity index is 2.61. The van der Waals surface area contributed by atoms with E-state index in [9.17, 15) is 4.79 Å². The monoisotopic (exact) mass is 212 g/mol. The molecule has 1 heterocycles. The maximum absolute atomic E-state index is 10.7. The molecule has 15 heavy (non-hydrogen) atoms. The Hall–Kier alpha value is -1.19. The molecular weight excluding hydrogens is 192 g/mol. The number of hydrogen-bond acceptors (Lipinski definition) is 2. The molecule has 0 aromatic carbocycles. The molecule has 1 aliphatic heterocycles. The first kappa shape index (κ1) is 11.9. The van der Waals surface area contributed by atoms with Gasteiger partial charge in [-0.2, -0.15) is 0 Å². The molecule has 4 nitrogen and oxygen atoms in total. The maximum Gasteiger partial charge on any atom is 0.405 e. The molecule has 0 aliphatic carbocycles. The van der Waals surface area contributed by atoms with Crippen molar-refractivity contribution in [2.24, 2.45) is 5.92 Å². The van der Waals surface area contributed by atoms with E-state index in [2.05, 4.69) is 16.8 Å². The van der Waals surface area contributed by atoms with Gasteiger partial charge in [0.05, 0.1) is 6.04 Å². The summed E-state index contributed by atoms with van der Waals surface area (Å²) in [4.78, 5) is 12.8. The topological polar surface area (TPSA) is 52.6 Å². The summed E-state index contributed by atoms with van der Waals surface area (Å²) in [5.41, 5.74) is 0.907. The molecule has 0 spiro atoms. The van der Waals surface area contributed by atoms with Crippen molar-refractivity contribution in [2.45, 2.75) is 32.7 Å². The summed E-state index contributed by atoms with van der Waals surface area (Å²) in [6, 6.07) is -0.166. The zero-order chi connectivity index (χ0) is 11.4. The molecule has 0 unspecified atom stereocenters. The molecule has 86 valence electrons. The molecule has 1 rings (SSSR count). The number of amides is 1. The predicted octanol–water partition coefficient (Wildman–Crippen LogP) is 1.89. The van der Waals surface area contributed by atoms with E-state index in [-0.39, 0.29) is 12.0 Å². The van der Waals surface area contributed by atoms with Gasteiger partial charge in [0.2, 0.25) is 0 Å². The van der Waals surface area contributed by atoms with Gasteiger partial charge in [-0.25, -0.2) is 4.79 Å². The molecule has 0 radical (unpaired) electrons. The summed E-state index contributed by atoms with van der Waals surface area (Å²) >= 11 is 0. The van der Waals surface area contributed by atoms with Crippen LogP contribution in [0.1, 0.15) is 26.7 Å². The molecular formula is C11H20N2O2. The lowest BCUT2D eigenvalue weighted by atomic mass is 10.0. The van der Waals surface area contributed by atoms with Crippen LogP contribution in [0, 0.1) is 5.92 Å². The summed E-state index contributed by atoms with van der Waals surface area (Å²) in [5.74, 6) is 0.231. The fourth-order valence-electron chi connectivity index (χ4n) is 1.97. The van der Waals surface area contributed by atoms with Gasteiger partial charge in [0.1, 0.15) is 0 Å². The molecule has 0 aromatic heterocycles. The number of rotatable bonds is 4. The third-order valence-electron chi connectivity index (χ3n) is 2.82. The van der Waals surface area contributed by atoms with Crippen LogP contribution in [0.3, 0.4) is 0 Å². The predicted molar refractivity (Wildman–Crippen MR) is 59.7 cm³/mol. The van der Waals surface area contributed by atoms with Crippen LogP contribution >= 0.6 is 0 Å². The third-order valence-corrected chi connectivity index (χ3v) is 2.82. The summed E-state index contributed by atoms with van der Waals surface area (Å²) in [5, 5.41) is 11.3. The number of hydrogen-bond donors (Lipinski definition) is 2. The van der Waals surface area contributed by atoms with Crippen LogP contribution in [-0.4, -0.2) is 35.2 Å². The fourth-order valence-corrected chi connectivity index (χ4v) is 1.97. The molecule has 2 N–H and O–H groups in total. The molecule has 1 aliphatic rings. The van der Waals surface area contributed by atoms with Gasteiger partial charge in [-0.15, -0.1) is 0 Å². The van der Waals surface area contributed by atoms with Crippen molar-refractivity contribution in [3.63, 3.8) is 0 Å². The number of carboxylic acid groups (broad SMARTS) is 1. The van der Waals surface area contributed by atoms with E-state index < -0.39 is 6.09 Å². The van der Waals surface area contributed by atoms with Gasteiger partial charge in [0.25, 0.3) is 0 Å². The van der Waals surface area contributed by atoms with Crippen LogP contribution in [0.2, 0.25) is 0 Å². The van der Waals surface area contributed by atoms with Crippen LogP contribution in [-0.2, 0) is 0 Å². The molecule has 1 amide bonds. The van der Waals surface area contributed by atoms with Crippen LogP contribution in [0.5, 0.6) is 0 Å². The molecule has 1 saturated heterocycles. The average molecular weight is 212 g/mol. The smallest absolute Gasteiger partial charge is 0.405 e. The lowest BCUT2D eigenvalue weighted by Crippen LogP contribution is -2.43. The average Bonchev–Trinajstić information content (AvgIpc) is 2.65. The molecule has 0 saturated carbocycles. The van der Waals surface area contributed by atoms with E-state index in [4.69, 9.17) is 5.11 Å². The Bertz CT molecular complexity index is 245. The summed E-state index contributed by atoms with van der Waals surface area (Å²) < 4.78 is 0. The van der Waals surface area contributed by atoms with Gasteiger partial charge in [-0.1, -0.05) is 20.4 Å². The first-order chi connectivity index (χ1) is 7.02. The molecule has 0 aromatic rings. The van der Waals surface area contributed by atoms with Crippen molar-refractivity contribution in [1.82, 2.24) is 10.2 Å². The highest BCUT2D eigenvalue weighted by molar-refractivity contribution is 5.65. The quantitative estimate of drug-likeness (QED) is 0.748.